The van der Waals surface area contributed by atoms with Crippen LogP contribution in [-0.4, -0.2) is 43.5 Å². The van der Waals surface area contributed by atoms with Crippen LogP contribution in [0.3, 0.4) is 0 Å². The largest absolute Gasteiger partial charge is 0.366 e. The third kappa shape index (κ3) is 4.27. The Balaban J connectivity index is 1.82. The van der Waals surface area contributed by atoms with Crippen LogP contribution in [-0.2, 0) is 0 Å². The fourth-order valence-electron chi connectivity index (χ4n) is 3.05. The number of nitrogens with one attached hydrogen (secondary N) is 1. The van der Waals surface area contributed by atoms with E-state index < -0.39 is 0 Å². The summed E-state index contributed by atoms with van der Waals surface area (Å²) >= 11 is 12.4. The molecule has 6 heteroatoms. The van der Waals surface area contributed by atoms with Crippen molar-refractivity contribution in [3.63, 3.8) is 0 Å². The highest BCUT2D eigenvalue weighted by Gasteiger charge is 2.21. The molecule has 1 aliphatic heterocycles. The Bertz CT molecular complexity index is 758. The molecule has 0 aliphatic carbocycles. The molecule has 0 aromatic heterocycles. The Morgan fingerprint density at radius 2 is 1.80 bits per heavy atom. The molecular weight excluding hydrogens is 357 g/mol. The zero-order chi connectivity index (χ0) is 17.8. The summed E-state index contributed by atoms with van der Waals surface area (Å²) < 4.78 is 0. The summed E-state index contributed by atoms with van der Waals surface area (Å²) in [4.78, 5) is 17.2. The Labute approximate surface area is 158 Å². The number of benzene rings is 2. The number of anilines is 2. The molecule has 0 spiro atoms. The SMILES string of the molecule is CCN1CCN(c2c(Cl)cccc2NC(=O)c2cccc(Cl)c2)CC1. The zero-order valence-corrected chi connectivity index (χ0v) is 15.6. The van der Waals surface area contributed by atoms with E-state index >= 15 is 0 Å². The molecule has 0 unspecified atom stereocenters. The summed E-state index contributed by atoms with van der Waals surface area (Å²) in [6.45, 7) is 6.97. The average molecular weight is 378 g/mol. The van der Waals surface area contributed by atoms with Crippen molar-refractivity contribution < 1.29 is 4.79 Å². The zero-order valence-electron chi connectivity index (χ0n) is 14.1. The number of hydrogen-bond donors (Lipinski definition) is 1. The van der Waals surface area contributed by atoms with Crippen molar-refractivity contribution >= 4 is 40.5 Å². The lowest BCUT2D eigenvalue weighted by molar-refractivity contribution is 0.102. The topological polar surface area (TPSA) is 35.6 Å². The van der Waals surface area contributed by atoms with Gasteiger partial charge in [0, 0.05) is 36.8 Å². The van der Waals surface area contributed by atoms with Crippen LogP contribution in [0.5, 0.6) is 0 Å². The van der Waals surface area contributed by atoms with Gasteiger partial charge < -0.3 is 15.1 Å². The Morgan fingerprint density at radius 3 is 2.48 bits per heavy atom. The summed E-state index contributed by atoms with van der Waals surface area (Å²) in [7, 11) is 0. The summed E-state index contributed by atoms with van der Waals surface area (Å²) in [5.41, 5.74) is 2.13. The number of hydrogen-bond acceptors (Lipinski definition) is 3. The van der Waals surface area contributed by atoms with E-state index in [9.17, 15) is 4.79 Å². The van der Waals surface area contributed by atoms with Crippen molar-refractivity contribution in [1.29, 1.82) is 0 Å². The third-order valence-electron chi connectivity index (χ3n) is 4.46. The maximum atomic E-state index is 12.6. The fourth-order valence-corrected chi connectivity index (χ4v) is 3.53. The summed E-state index contributed by atoms with van der Waals surface area (Å²) in [6.07, 6.45) is 0. The number of rotatable bonds is 4. The van der Waals surface area contributed by atoms with Gasteiger partial charge >= 0.3 is 0 Å². The van der Waals surface area contributed by atoms with Gasteiger partial charge in [0.1, 0.15) is 0 Å². The van der Waals surface area contributed by atoms with Gasteiger partial charge in [0.2, 0.25) is 0 Å². The van der Waals surface area contributed by atoms with Crippen LogP contribution in [0.15, 0.2) is 42.5 Å². The highest BCUT2D eigenvalue weighted by molar-refractivity contribution is 6.34. The van der Waals surface area contributed by atoms with Gasteiger partial charge in [0.25, 0.3) is 5.91 Å². The second kappa shape index (κ2) is 8.09. The molecule has 1 heterocycles. The quantitative estimate of drug-likeness (QED) is 0.857. The highest BCUT2D eigenvalue weighted by Crippen LogP contribution is 2.35. The third-order valence-corrected chi connectivity index (χ3v) is 5.00. The first-order chi connectivity index (χ1) is 12.1. The summed E-state index contributed by atoms with van der Waals surface area (Å²) in [6, 6.07) is 12.5. The predicted octanol–water partition coefficient (Wildman–Crippen LogP) is 4.39. The van der Waals surface area contributed by atoms with Crippen LogP contribution in [0.2, 0.25) is 10.0 Å². The van der Waals surface area contributed by atoms with E-state index in [2.05, 4.69) is 22.0 Å². The molecule has 4 nitrogen and oxygen atoms in total. The predicted molar refractivity (Wildman–Crippen MR) is 105 cm³/mol. The number of carbonyl (C=O) groups excluding carboxylic acids is 1. The van der Waals surface area contributed by atoms with Gasteiger partial charge in [-0.3, -0.25) is 4.79 Å². The maximum absolute atomic E-state index is 12.6. The second-order valence-corrected chi connectivity index (χ2v) is 6.87. The van der Waals surface area contributed by atoms with Crippen LogP contribution in [0.1, 0.15) is 17.3 Å². The molecule has 2 aromatic rings. The molecule has 132 valence electrons. The standard InChI is InChI=1S/C19H21Cl2N3O/c1-2-23-9-11-24(12-10-23)18-16(21)7-4-8-17(18)22-19(25)14-5-3-6-15(20)13-14/h3-8,13H,2,9-12H2,1H3,(H,22,25). The van der Waals surface area contributed by atoms with Crippen LogP contribution in [0, 0.1) is 0 Å². The molecule has 25 heavy (non-hydrogen) atoms. The number of likely N-dealkylation sites (N-methyl/N-ethyl adjacent to an activating group) is 1. The molecule has 0 radical (unpaired) electrons. The lowest BCUT2D eigenvalue weighted by Gasteiger charge is -2.36. The number of amides is 1. The van der Waals surface area contributed by atoms with Crippen molar-refractivity contribution in [2.24, 2.45) is 0 Å². The maximum Gasteiger partial charge on any atom is 0.255 e. The molecule has 0 atom stereocenters. The number of halogens is 2. The minimum absolute atomic E-state index is 0.196. The van der Waals surface area contributed by atoms with Gasteiger partial charge in [-0.2, -0.15) is 0 Å². The molecule has 1 aliphatic rings. The molecule has 1 amide bonds. The van der Waals surface area contributed by atoms with Gasteiger partial charge in [-0.1, -0.05) is 42.3 Å². The minimum Gasteiger partial charge on any atom is -0.366 e. The molecule has 0 bridgehead atoms. The van der Waals surface area contributed by atoms with Gasteiger partial charge in [-0.05, 0) is 36.9 Å². The molecular formula is C19H21Cl2N3O. The van der Waals surface area contributed by atoms with Crippen molar-refractivity contribution in [2.45, 2.75) is 6.92 Å². The lowest BCUT2D eigenvalue weighted by Crippen LogP contribution is -2.46. The van der Waals surface area contributed by atoms with Crippen molar-refractivity contribution in [3.8, 4) is 0 Å². The van der Waals surface area contributed by atoms with Crippen molar-refractivity contribution in [1.82, 2.24) is 4.90 Å². The van der Waals surface area contributed by atoms with Gasteiger partial charge in [0.05, 0.1) is 16.4 Å². The molecule has 1 fully saturated rings. The first-order valence-electron chi connectivity index (χ1n) is 8.41. The van der Waals surface area contributed by atoms with Gasteiger partial charge in [-0.25, -0.2) is 0 Å². The molecule has 0 saturated carbocycles. The molecule has 1 N–H and O–H groups in total. The lowest BCUT2D eigenvalue weighted by atomic mass is 10.1. The van der Waals surface area contributed by atoms with E-state index in [1.54, 1.807) is 24.3 Å². The Hall–Kier alpha value is -1.75. The molecule has 1 saturated heterocycles. The smallest absolute Gasteiger partial charge is 0.255 e. The highest BCUT2D eigenvalue weighted by atomic mass is 35.5. The molecule has 3 rings (SSSR count). The van der Waals surface area contributed by atoms with Crippen molar-refractivity contribution in [3.05, 3.63) is 58.1 Å². The molecule has 2 aromatic carbocycles. The van der Waals surface area contributed by atoms with Crippen molar-refractivity contribution in [2.75, 3.05) is 42.9 Å². The van der Waals surface area contributed by atoms with E-state index in [0.29, 0.717) is 15.6 Å². The Morgan fingerprint density at radius 1 is 1.08 bits per heavy atom. The minimum atomic E-state index is -0.196. The monoisotopic (exact) mass is 377 g/mol. The first-order valence-corrected chi connectivity index (χ1v) is 9.17. The van der Waals surface area contributed by atoms with Crippen LogP contribution in [0.25, 0.3) is 0 Å². The normalized spacial score (nSPS) is 15.2. The number of nitrogens with zero attached hydrogens (tertiary/aromatic N) is 2. The van der Waals surface area contributed by atoms with Crippen LogP contribution in [0.4, 0.5) is 11.4 Å². The second-order valence-electron chi connectivity index (χ2n) is 6.02. The van der Waals surface area contributed by atoms with Crippen LogP contribution >= 0.6 is 23.2 Å². The van der Waals surface area contributed by atoms with E-state index in [1.165, 1.54) is 0 Å². The summed E-state index contributed by atoms with van der Waals surface area (Å²) in [5, 5.41) is 4.16. The average Bonchev–Trinajstić information content (AvgIpc) is 2.62. The first kappa shape index (κ1) is 18.1. The van der Waals surface area contributed by atoms with Crippen LogP contribution < -0.4 is 10.2 Å². The van der Waals surface area contributed by atoms with E-state index in [-0.39, 0.29) is 5.91 Å². The van der Waals surface area contributed by atoms with E-state index in [1.807, 2.05) is 18.2 Å². The van der Waals surface area contributed by atoms with Gasteiger partial charge in [-0.15, -0.1) is 0 Å². The van der Waals surface area contributed by atoms with Gasteiger partial charge in [0.15, 0.2) is 0 Å². The number of piperazine rings is 1. The number of carbonyl (C=O) groups is 1. The number of para-hydroxylation sites is 1. The summed E-state index contributed by atoms with van der Waals surface area (Å²) in [5.74, 6) is -0.196. The van der Waals surface area contributed by atoms with E-state index in [4.69, 9.17) is 23.2 Å². The fraction of sp³-hybridized carbons (Fsp3) is 0.316. The van der Waals surface area contributed by atoms with E-state index in [0.717, 1.165) is 44.1 Å². The Kier molecular flexibility index (Phi) is 5.84.